The lowest BCUT2D eigenvalue weighted by molar-refractivity contribution is 0.0679. The molecule has 2 amide bonds. The molecule has 3 aliphatic rings. The summed E-state index contributed by atoms with van der Waals surface area (Å²) in [7, 11) is 0. The van der Waals surface area contributed by atoms with E-state index >= 15 is 0 Å². The smallest absolute Gasteiger partial charge is 0.251 e. The molecular weight excluding hydrogens is 484 g/mol. The number of carbonyl (C=O) groups excluding carboxylic acids is 2. The van der Waals surface area contributed by atoms with E-state index in [1.807, 2.05) is 24.3 Å². The third-order valence-corrected chi connectivity index (χ3v) is 7.55. The van der Waals surface area contributed by atoms with Crippen molar-refractivity contribution in [2.24, 2.45) is 0 Å². The number of rotatable bonds is 10. The van der Waals surface area contributed by atoms with Gasteiger partial charge in [-0.15, -0.1) is 0 Å². The summed E-state index contributed by atoms with van der Waals surface area (Å²) in [6.07, 6.45) is 8.20. The SMILES string of the molecule is O=C(NC1CCCCC1NC(=O)c1ccc(OCC2CCCO2)cc1)c1ccc(OCC2CCCO2)cc1. The molecule has 8 nitrogen and oxygen atoms in total. The van der Waals surface area contributed by atoms with Gasteiger partial charge in [-0.2, -0.15) is 0 Å². The topological polar surface area (TPSA) is 95.1 Å². The summed E-state index contributed by atoms with van der Waals surface area (Å²) < 4.78 is 22.8. The van der Waals surface area contributed by atoms with E-state index in [-0.39, 0.29) is 36.1 Å². The van der Waals surface area contributed by atoms with Gasteiger partial charge in [0.2, 0.25) is 0 Å². The Hall–Kier alpha value is -3.10. The Kier molecular flexibility index (Phi) is 9.15. The fourth-order valence-corrected chi connectivity index (χ4v) is 5.31. The molecule has 5 rings (SSSR count). The molecule has 0 radical (unpaired) electrons. The highest BCUT2D eigenvalue weighted by atomic mass is 16.5. The minimum atomic E-state index is -0.144. The normalized spacial score (nSPS) is 25.1. The Morgan fingerprint density at radius 3 is 1.42 bits per heavy atom. The second-order valence-electron chi connectivity index (χ2n) is 10.4. The molecule has 0 aromatic heterocycles. The van der Waals surface area contributed by atoms with Gasteiger partial charge < -0.3 is 29.6 Å². The van der Waals surface area contributed by atoms with E-state index in [0.29, 0.717) is 24.3 Å². The first kappa shape index (κ1) is 26.5. The molecule has 3 fully saturated rings. The Morgan fingerprint density at radius 1 is 0.632 bits per heavy atom. The van der Waals surface area contributed by atoms with E-state index < -0.39 is 0 Å². The fraction of sp³-hybridized carbons (Fsp3) is 0.533. The van der Waals surface area contributed by atoms with Crippen molar-refractivity contribution in [3.63, 3.8) is 0 Å². The van der Waals surface area contributed by atoms with Crippen LogP contribution in [0.5, 0.6) is 11.5 Å². The molecule has 0 bridgehead atoms. The van der Waals surface area contributed by atoms with Crippen LogP contribution in [0.4, 0.5) is 0 Å². The van der Waals surface area contributed by atoms with Crippen LogP contribution in [-0.2, 0) is 9.47 Å². The molecule has 2 heterocycles. The quantitative estimate of drug-likeness (QED) is 0.484. The van der Waals surface area contributed by atoms with Crippen molar-refractivity contribution < 1.29 is 28.5 Å². The molecule has 0 spiro atoms. The maximum absolute atomic E-state index is 13.0. The van der Waals surface area contributed by atoms with Crippen LogP contribution in [-0.4, -0.2) is 62.5 Å². The zero-order valence-corrected chi connectivity index (χ0v) is 21.9. The highest BCUT2D eigenvalue weighted by Crippen LogP contribution is 2.22. The van der Waals surface area contributed by atoms with Gasteiger partial charge in [0, 0.05) is 36.4 Å². The van der Waals surface area contributed by atoms with Gasteiger partial charge in [-0.25, -0.2) is 0 Å². The highest BCUT2D eigenvalue weighted by molar-refractivity contribution is 5.95. The maximum Gasteiger partial charge on any atom is 0.251 e. The molecule has 8 heteroatoms. The van der Waals surface area contributed by atoms with Gasteiger partial charge in [0.05, 0.1) is 12.2 Å². The Morgan fingerprint density at radius 2 is 1.05 bits per heavy atom. The molecule has 2 aromatic rings. The van der Waals surface area contributed by atoms with Crippen molar-refractivity contribution in [2.45, 2.75) is 75.7 Å². The van der Waals surface area contributed by atoms with Crippen molar-refractivity contribution in [2.75, 3.05) is 26.4 Å². The lowest BCUT2D eigenvalue weighted by atomic mass is 9.89. The average Bonchev–Trinajstić information content (AvgIpc) is 3.67. The lowest BCUT2D eigenvalue weighted by Gasteiger charge is -2.33. The highest BCUT2D eigenvalue weighted by Gasteiger charge is 2.28. The number of hydrogen-bond acceptors (Lipinski definition) is 6. The third kappa shape index (κ3) is 7.26. The Bertz CT molecular complexity index is 960. The van der Waals surface area contributed by atoms with Crippen molar-refractivity contribution >= 4 is 11.8 Å². The molecule has 4 atom stereocenters. The molecule has 2 N–H and O–H groups in total. The molecule has 1 aliphatic carbocycles. The van der Waals surface area contributed by atoms with E-state index in [1.54, 1.807) is 24.3 Å². The molecule has 204 valence electrons. The third-order valence-electron chi connectivity index (χ3n) is 7.55. The second kappa shape index (κ2) is 13.1. The van der Waals surface area contributed by atoms with Gasteiger partial charge in [0.1, 0.15) is 24.7 Å². The monoisotopic (exact) mass is 522 g/mol. The van der Waals surface area contributed by atoms with Gasteiger partial charge in [-0.05, 0) is 87.1 Å². The first-order valence-electron chi connectivity index (χ1n) is 13.9. The lowest BCUT2D eigenvalue weighted by Crippen LogP contribution is -2.53. The number of amides is 2. The number of hydrogen-bond donors (Lipinski definition) is 2. The molecule has 2 saturated heterocycles. The Balaban J connectivity index is 1.11. The van der Waals surface area contributed by atoms with E-state index in [2.05, 4.69) is 10.6 Å². The number of nitrogens with one attached hydrogen (secondary N) is 2. The minimum absolute atomic E-state index is 0.121. The van der Waals surface area contributed by atoms with Crippen LogP contribution in [0.25, 0.3) is 0 Å². The van der Waals surface area contributed by atoms with Gasteiger partial charge >= 0.3 is 0 Å². The predicted octanol–water partition coefficient (Wildman–Crippen LogP) is 4.27. The molecule has 4 unspecified atom stereocenters. The summed E-state index contributed by atoms with van der Waals surface area (Å²) >= 11 is 0. The largest absolute Gasteiger partial charge is 0.491 e. The summed E-state index contributed by atoms with van der Waals surface area (Å²) in [4.78, 5) is 26.0. The summed E-state index contributed by atoms with van der Waals surface area (Å²) in [6.45, 7) is 2.65. The summed E-state index contributed by atoms with van der Waals surface area (Å²) in [5, 5.41) is 6.29. The maximum atomic E-state index is 13.0. The number of ether oxygens (including phenoxy) is 4. The van der Waals surface area contributed by atoms with Gasteiger partial charge in [0.25, 0.3) is 11.8 Å². The van der Waals surface area contributed by atoms with Crippen molar-refractivity contribution in [3.8, 4) is 11.5 Å². The Labute approximate surface area is 224 Å². The van der Waals surface area contributed by atoms with Crippen LogP contribution in [0.1, 0.15) is 72.1 Å². The van der Waals surface area contributed by atoms with Gasteiger partial charge in [-0.1, -0.05) is 12.8 Å². The van der Waals surface area contributed by atoms with Crippen LogP contribution >= 0.6 is 0 Å². The number of carbonyl (C=O) groups is 2. The van der Waals surface area contributed by atoms with Gasteiger partial charge in [0.15, 0.2) is 0 Å². The summed E-state index contributed by atoms with van der Waals surface area (Å²) in [5.41, 5.74) is 1.15. The molecule has 1 saturated carbocycles. The van der Waals surface area contributed by atoms with Crippen molar-refractivity contribution in [1.82, 2.24) is 10.6 Å². The first-order chi connectivity index (χ1) is 18.6. The van der Waals surface area contributed by atoms with Crippen LogP contribution in [0.15, 0.2) is 48.5 Å². The van der Waals surface area contributed by atoms with Crippen molar-refractivity contribution in [3.05, 3.63) is 59.7 Å². The molecule has 2 aromatic carbocycles. The zero-order valence-electron chi connectivity index (χ0n) is 21.9. The fourth-order valence-electron chi connectivity index (χ4n) is 5.31. The summed E-state index contributed by atoms with van der Waals surface area (Å²) in [6, 6.07) is 14.1. The number of benzene rings is 2. The molecular formula is C30H38N2O6. The minimum Gasteiger partial charge on any atom is -0.491 e. The standard InChI is InChI=1S/C30H38N2O6/c33-29(21-9-13-23(14-10-21)37-19-25-5-3-17-35-25)31-27-7-1-2-8-28(27)32-30(34)22-11-15-24(16-12-22)38-20-26-6-4-18-36-26/h9-16,25-28H,1-8,17-20H2,(H,31,33)(H,32,34). The van der Waals surface area contributed by atoms with E-state index in [4.69, 9.17) is 18.9 Å². The van der Waals surface area contributed by atoms with Crippen LogP contribution in [0.3, 0.4) is 0 Å². The zero-order chi connectivity index (χ0) is 26.2. The summed E-state index contributed by atoms with van der Waals surface area (Å²) in [5.74, 6) is 1.16. The van der Waals surface area contributed by atoms with E-state index in [9.17, 15) is 9.59 Å². The van der Waals surface area contributed by atoms with Crippen LogP contribution in [0.2, 0.25) is 0 Å². The average molecular weight is 523 g/mol. The van der Waals surface area contributed by atoms with E-state index in [0.717, 1.165) is 76.1 Å². The van der Waals surface area contributed by atoms with Crippen LogP contribution < -0.4 is 20.1 Å². The molecule has 2 aliphatic heterocycles. The second-order valence-corrected chi connectivity index (χ2v) is 10.4. The molecule has 38 heavy (non-hydrogen) atoms. The van der Waals surface area contributed by atoms with Crippen LogP contribution in [0, 0.1) is 0 Å². The van der Waals surface area contributed by atoms with Gasteiger partial charge in [-0.3, -0.25) is 9.59 Å². The van der Waals surface area contributed by atoms with E-state index in [1.165, 1.54) is 0 Å². The predicted molar refractivity (Wildman–Crippen MR) is 143 cm³/mol. The van der Waals surface area contributed by atoms with Crippen molar-refractivity contribution in [1.29, 1.82) is 0 Å². The first-order valence-corrected chi connectivity index (χ1v) is 13.9.